The van der Waals surface area contributed by atoms with Gasteiger partial charge in [-0.1, -0.05) is 18.2 Å². The van der Waals surface area contributed by atoms with Crippen molar-refractivity contribution >= 4 is 16.8 Å². The summed E-state index contributed by atoms with van der Waals surface area (Å²) in [6.45, 7) is 6.49. The summed E-state index contributed by atoms with van der Waals surface area (Å²) >= 11 is 0. The standard InChI is InChI=1S/C19H26N4O2/c1-14-13-25-12-11-23(14)15-7-9-22(10-8-15)19(24)18-16-5-3-4-6-17(16)21(2)20-18/h3-6,14-15H,7-13H2,1-2H3. The van der Waals surface area contributed by atoms with Crippen LogP contribution in [0.4, 0.5) is 0 Å². The number of carbonyl (C=O) groups is 1. The molecule has 6 heteroatoms. The van der Waals surface area contributed by atoms with E-state index < -0.39 is 0 Å². The number of rotatable bonds is 2. The van der Waals surface area contributed by atoms with E-state index in [2.05, 4.69) is 16.9 Å². The Hall–Kier alpha value is -1.92. The molecule has 1 aromatic carbocycles. The van der Waals surface area contributed by atoms with Crippen molar-refractivity contribution < 1.29 is 9.53 Å². The third-order valence-electron chi connectivity index (χ3n) is 5.60. The number of aryl methyl sites for hydroxylation is 1. The minimum Gasteiger partial charge on any atom is -0.379 e. The summed E-state index contributed by atoms with van der Waals surface area (Å²) in [7, 11) is 1.89. The maximum atomic E-state index is 13.0. The number of aromatic nitrogens is 2. The van der Waals surface area contributed by atoms with E-state index in [4.69, 9.17) is 4.74 Å². The van der Waals surface area contributed by atoms with Crippen LogP contribution < -0.4 is 0 Å². The van der Waals surface area contributed by atoms with Gasteiger partial charge in [-0.25, -0.2) is 0 Å². The maximum absolute atomic E-state index is 13.0. The highest BCUT2D eigenvalue weighted by Gasteiger charge is 2.32. The summed E-state index contributed by atoms with van der Waals surface area (Å²) in [5.41, 5.74) is 1.58. The summed E-state index contributed by atoms with van der Waals surface area (Å²) in [6.07, 6.45) is 2.06. The fraction of sp³-hybridized carbons (Fsp3) is 0.579. The van der Waals surface area contributed by atoms with Crippen LogP contribution in [0, 0.1) is 0 Å². The lowest BCUT2D eigenvalue weighted by molar-refractivity contribution is -0.0335. The molecule has 2 fully saturated rings. The van der Waals surface area contributed by atoms with Crippen molar-refractivity contribution in [2.75, 3.05) is 32.8 Å². The number of piperidine rings is 1. The van der Waals surface area contributed by atoms with Gasteiger partial charge >= 0.3 is 0 Å². The molecule has 0 spiro atoms. The average molecular weight is 342 g/mol. The molecule has 1 unspecified atom stereocenters. The van der Waals surface area contributed by atoms with Gasteiger partial charge in [0.1, 0.15) is 0 Å². The molecular weight excluding hydrogens is 316 g/mol. The van der Waals surface area contributed by atoms with Gasteiger partial charge in [0.05, 0.1) is 18.7 Å². The number of carbonyl (C=O) groups excluding carboxylic acids is 1. The van der Waals surface area contributed by atoms with E-state index in [-0.39, 0.29) is 5.91 Å². The van der Waals surface area contributed by atoms with Crippen molar-refractivity contribution in [2.45, 2.75) is 31.8 Å². The molecule has 134 valence electrons. The zero-order chi connectivity index (χ0) is 17.4. The number of amides is 1. The van der Waals surface area contributed by atoms with Gasteiger partial charge in [0, 0.05) is 44.2 Å². The lowest BCUT2D eigenvalue weighted by Gasteiger charge is -2.43. The van der Waals surface area contributed by atoms with Gasteiger partial charge in [0.15, 0.2) is 5.69 Å². The first kappa shape index (κ1) is 16.5. The number of likely N-dealkylation sites (tertiary alicyclic amines) is 1. The lowest BCUT2D eigenvalue weighted by Crippen LogP contribution is -2.53. The first-order chi connectivity index (χ1) is 12.1. The monoisotopic (exact) mass is 342 g/mol. The molecule has 2 aromatic rings. The Kier molecular flexibility index (Phi) is 4.48. The molecule has 4 rings (SSSR count). The van der Waals surface area contributed by atoms with Crippen LogP contribution in [0.25, 0.3) is 10.9 Å². The van der Waals surface area contributed by atoms with Gasteiger partial charge < -0.3 is 9.64 Å². The molecule has 1 amide bonds. The van der Waals surface area contributed by atoms with Crippen LogP contribution in [0.5, 0.6) is 0 Å². The highest BCUT2D eigenvalue weighted by molar-refractivity contribution is 6.04. The number of hydrogen-bond donors (Lipinski definition) is 0. The van der Waals surface area contributed by atoms with Gasteiger partial charge in [-0.15, -0.1) is 0 Å². The molecule has 2 saturated heterocycles. The molecule has 0 saturated carbocycles. The summed E-state index contributed by atoms with van der Waals surface area (Å²) in [4.78, 5) is 17.5. The zero-order valence-electron chi connectivity index (χ0n) is 15.0. The van der Waals surface area contributed by atoms with Crippen LogP contribution in [0.1, 0.15) is 30.3 Å². The average Bonchev–Trinajstić information content (AvgIpc) is 2.99. The fourth-order valence-corrected chi connectivity index (χ4v) is 4.20. The summed E-state index contributed by atoms with van der Waals surface area (Å²) < 4.78 is 7.34. The topological polar surface area (TPSA) is 50.6 Å². The van der Waals surface area contributed by atoms with Gasteiger partial charge in [-0.05, 0) is 25.8 Å². The van der Waals surface area contributed by atoms with E-state index >= 15 is 0 Å². The molecular formula is C19H26N4O2. The molecule has 0 radical (unpaired) electrons. The molecule has 1 aromatic heterocycles. The summed E-state index contributed by atoms with van der Waals surface area (Å²) in [5.74, 6) is 0.0604. The summed E-state index contributed by atoms with van der Waals surface area (Å²) in [5, 5.41) is 5.43. The smallest absolute Gasteiger partial charge is 0.275 e. The molecule has 2 aliphatic rings. The van der Waals surface area contributed by atoms with Gasteiger partial charge in [-0.3, -0.25) is 14.4 Å². The number of para-hydroxylation sites is 1. The quantitative estimate of drug-likeness (QED) is 0.836. The first-order valence-electron chi connectivity index (χ1n) is 9.19. The van der Waals surface area contributed by atoms with Crippen LogP contribution in [0.15, 0.2) is 24.3 Å². The number of ether oxygens (including phenoxy) is 1. The molecule has 25 heavy (non-hydrogen) atoms. The summed E-state index contributed by atoms with van der Waals surface area (Å²) in [6, 6.07) is 8.97. The van der Waals surface area contributed by atoms with E-state index in [1.165, 1.54) is 0 Å². The highest BCUT2D eigenvalue weighted by Crippen LogP contribution is 2.24. The lowest BCUT2D eigenvalue weighted by atomic mass is 10.0. The van der Waals surface area contributed by atoms with Crippen molar-refractivity contribution in [3.8, 4) is 0 Å². The minimum absolute atomic E-state index is 0.0604. The Morgan fingerprint density at radius 1 is 1.20 bits per heavy atom. The van der Waals surface area contributed by atoms with E-state index in [9.17, 15) is 4.79 Å². The third kappa shape index (κ3) is 3.04. The second-order valence-corrected chi connectivity index (χ2v) is 7.17. The van der Waals surface area contributed by atoms with Crippen LogP contribution >= 0.6 is 0 Å². The number of morpholine rings is 1. The van der Waals surface area contributed by atoms with Crippen LogP contribution in [-0.4, -0.2) is 70.4 Å². The number of benzene rings is 1. The van der Waals surface area contributed by atoms with Crippen LogP contribution in [0.3, 0.4) is 0 Å². The molecule has 0 bridgehead atoms. The van der Waals surface area contributed by atoms with Crippen LogP contribution in [-0.2, 0) is 11.8 Å². The van der Waals surface area contributed by atoms with Crippen molar-refractivity contribution in [1.82, 2.24) is 19.6 Å². The molecule has 0 N–H and O–H groups in total. The van der Waals surface area contributed by atoms with E-state index in [0.717, 1.165) is 56.6 Å². The van der Waals surface area contributed by atoms with Gasteiger partial charge in [0.2, 0.25) is 0 Å². The first-order valence-corrected chi connectivity index (χ1v) is 9.19. The molecule has 0 aliphatic carbocycles. The van der Waals surface area contributed by atoms with Gasteiger partial charge in [0.25, 0.3) is 5.91 Å². The minimum atomic E-state index is 0.0604. The Morgan fingerprint density at radius 3 is 2.72 bits per heavy atom. The van der Waals surface area contributed by atoms with Crippen molar-refractivity contribution in [3.05, 3.63) is 30.0 Å². The van der Waals surface area contributed by atoms with Crippen molar-refractivity contribution in [1.29, 1.82) is 0 Å². The Labute approximate surface area is 148 Å². The molecule has 3 heterocycles. The maximum Gasteiger partial charge on any atom is 0.275 e. The largest absolute Gasteiger partial charge is 0.379 e. The van der Waals surface area contributed by atoms with Crippen molar-refractivity contribution in [3.63, 3.8) is 0 Å². The van der Waals surface area contributed by atoms with Crippen LogP contribution in [0.2, 0.25) is 0 Å². The zero-order valence-corrected chi connectivity index (χ0v) is 15.0. The van der Waals surface area contributed by atoms with E-state index in [0.29, 0.717) is 17.8 Å². The van der Waals surface area contributed by atoms with E-state index in [1.54, 1.807) is 4.68 Å². The number of hydrogen-bond acceptors (Lipinski definition) is 4. The SMILES string of the molecule is CC1COCCN1C1CCN(C(=O)c2nn(C)c3ccccc23)CC1. The second kappa shape index (κ2) is 6.77. The normalized spacial score (nSPS) is 23.3. The second-order valence-electron chi connectivity index (χ2n) is 7.17. The third-order valence-corrected chi connectivity index (χ3v) is 5.60. The number of fused-ring (bicyclic) bond motifs is 1. The van der Waals surface area contributed by atoms with Crippen molar-refractivity contribution in [2.24, 2.45) is 7.05 Å². The molecule has 6 nitrogen and oxygen atoms in total. The Morgan fingerprint density at radius 2 is 1.96 bits per heavy atom. The highest BCUT2D eigenvalue weighted by atomic mass is 16.5. The van der Waals surface area contributed by atoms with Gasteiger partial charge in [-0.2, -0.15) is 5.10 Å². The van der Waals surface area contributed by atoms with E-state index in [1.807, 2.05) is 36.2 Å². The fourth-order valence-electron chi connectivity index (χ4n) is 4.20. The number of nitrogens with zero attached hydrogens (tertiary/aromatic N) is 4. The predicted octanol–water partition coefficient (Wildman–Crippen LogP) is 1.90. The molecule has 1 atom stereocenters. The Balaban J connectivity index is 1.46. The Bertz CT molecular complexity index is 764. The predicted molar refractivity (Wildman–Crippen MR) is 96.6 cm³/mol. The molecule has 2 aliphatic heterocycles.